The Bertz CT molecular complexity index is 3190. The number of hydrogen-bond donors (Lipinski definition) is 24. The fourth-order valence-corrected chi connectivity index (χ4v) is 13.0. The summed E-state index contributed by atoms with van der Waals surface area (Å²) in [5.41, 5.74) is 5.85. The highest BCUT2D eigenvalue weighted by atomic mass is 16.7. The van der Waals surface area contributed by atoms with Crippen molar-refractivity contribution in [3.8, 4) is 0 Å². The van der Waals surface area contributed by atoms with Crippen molar-refractivity contribution in [2.75, 3.05) is 39.5 Å². The number of likely N-dealkylation sites (tertiary alicyclic amines) is 2. The van der Waals surface area contributed by atoms with Crippen molar-refractivity contribution in [1.82, 2.24) is 63.0 Å². The second-order valence-electron chi connectivity index (χ2n) is 28.3. The molecule has 5 fully saturated rings. The van der Waals surface area contributed by atoms with Crippen LogP contribution in [0.1, 0.15) is 102 Å². The van der Waals surface area contributed by atoms with Crippen LogP contribution in [0.2, 0.25) is 0 Å². The molecule has 0 aliphatic carbocycles. The van der Waals surface area contributed by atoms with E-state index in [4.69, 9.17) is 39.3 Å². The largest absolute Gasteiger partial charge is 0.480 e. The van der Waals surface area contributed by atoms with Gasteiger partial charge in [0.25, 0.3) is 0 Å². The molecule has 626 valence electrons. The lowest BCUT2D eigenvalue weighted by Gasteiger charge is -2.49. The normalized spacial score (nSPS) is 30.5. The third kappa shape index (κ3) is 24.2. The first-order chi connectivity index (χ1) is 51.4. The number of carboxylic acid groups (broad SMARTS) is 1. The maximum Gasteiger partial charge on any atom is 0.322 e. The zero-order chi connectivity index (χ0) is 82.9. The Morgan fingerprint density at radius 3 is 1.30 bits per heavy atom. The van der Waals surface area contributed by atoms with Crippen LogP contribution in [0, 0.1) is 5.92 Å². The first-order valence-corrected chi connectivity index (χ1v) is 35.8. The molecule has 0 aromatic carbocycles. The molecule has 5 heterocycles. The van der Waals surface area contributed by atoms with Crippen molar-refractivity contribution in [2.24, 2.45) is 11.7 Å². The average Bonchev–Trinajstić information content (AvgIpc) is 0.980. The van der Waals surface area contributed by atoms with Crippen molar-refractivity contribution >= 4 is 76.9 Å². The van der Waals surface area contributed by atoms with Crippen molar-refractivity contribution in [2.45, 2.75) is 285 Å². The number of nitrogens with one attached hydrogen (secondary N) is 10. The molecule has 5 rings (SSSR count). The second-order valence-corrected chi connectivity index (χ2v) is 28.3. The highest BCUT2D eigenvalue weighted by Crippen LogP contribution is 2.33. The number of carbonyl (C=O) groups excluding carboxylic acids is 12. The van der Waals surface area contributed by atoms with Crippen molar-refractivity contribution in [1.29, 1.82) is 0 Å². The quantitative estimate of drug-likeness (QED) is 0.0277. The van der Waals surface area contributed by atoms with Crippen molar-refractivity contribution in [3.63, 3.8) is 0 Å². The first-order valence-electron chi connectivity index (χ1n) is 35.8. The molecule has 30 atom stereocenters. The van der Waals surface area contributed by atoms with Gasteiger partial charge in [-0.2, -0.15) is 0 Å². The van der Waals surface area contributed by atoms with Crippen LogP contribution in [-0.2, 0) is 90.8 Å². The number of aliphatic carboxylic acids is 1. The molecule has 5 saturated heterocycles. The van der Waals surface area contributed by atoms with Crippen LogP contribution in [0.4, 0.5) is 0 Å². The summed E-state index contributed by atoms with van der Waals surface area (Å²) in [6, 6.07) is -21.3. The van der Waals surface area contributed by atoms with E-state index in [9.17, 15) is 119 Å². The molecule has 0 aromatic heterocycles. The van der Waals surface area contributed by atoms with Gasteiger partial charge in [-0.25, -0.2) is 0 Å². The smallest absolute Gasteiger partial charge is 0.322 e. The molecule has 0 aromatic rings. The van der Waals surface area contributed by atoms with Gasteiger partial charge < -0.3 is 164 Å². The SMILES string of the molecule is CC(=O)N[C@H]1[C@H](OC[C@H]2O[C@H](O[C@H](C)[C@H](NC(=O)[C@@H](NC(=O)[C@@H](N)[C@@H](C)O)[C@@H](C)O)C(=O)N[C@H](C(=O)N[C@H](C(=O)N3CCC[C@H]3C(=O)N[C@H](C(=O)N3CCC[C@H]3C(=O)N[C@H](C(=O)NCC(=O)O)[C@@H](C)O)[C@@H](C)O)[C@@H](C)O)C(C)C)[C@H](NC(C)=O)[C@@H](O[C@@H]3O[C@H](CO)[C@@H](O)[C@H](O)[C@H]3NC(C)=O)[C@H]2O)O[C@H](CO)[C@@H](O)[C@@H]1O. The molecule has 110 heavy (non-hydrogen) atoms. The predicted octanol–water partition coefficient (Wildman–Crippen LogP) is -13.7. The minimum Gasteiger partial charge on any atom is -0.480 e. The lowest BCUT2D eigenvalue weighted by atomic mass is 9.94. The molecule has 0 bridgehead atoms. The summed E-state index contributed by atoms with van der Waals surface area (Å²) in [4.78, 5) is 179. The van der Waals surface area contributed by atoms with Gasteiger partial charge in [-0.3, -0.25) is 62.3 Å². The molecule has 0 radical (unpaired) electrons. The van der Waals surface area contributed by atoms with E-state index in [1.54, 1.807) is 0 Å². The van der Waals surface area contributed by atoms with Gasteiger partial charge in [0.2, 0.25) is 70.9 Å². The van der Waals surface area contributed by atoms with Crippen LogP contribution >= 0.6 is 0 Å². The van der Waals surface area contributed by atoms with Gasteiger partial charge in [-0.1, -0.05) is 13.8 Å². The molecule has 45 heteroatoms. The van der Waals surface area contributed by atoms with Crippen molar-refractivity contribution < 1.29 is 157 Å². The minimum atomic E-state index is -2.23. The number of carbonyl (C=O) groups is 13. The summed E-state index contributed by atoms with van der Waals surface area (Å²) in [6.07, 6.45) is -32.9. The maximum absolute atomic E-state index is 15.3. The van der Waals surface area contributed by atoms with E-state index in [0.29, 0.717) is 0 Å². The Hall–Kier alpha value is -7.65. The highest BCUT2D eigenvalue weighted by Gasteiger charge is 2.55. The molecule has 25 N–H and O–H groups in total. The van der Waals surface area contributed by atoms with Gasteiger partial charge in [-0.05, 0) is 73.1 Å². The zero-order valence-corrected chi connectivity index (χ0v) is 62.5. The van der Waals surface area contributed by atoms with Crippen molar-refractivity contribution in [3.05, 3.63) is 0 Å². The van der Waals surface area contributed by atoms with Crippen LogP contribution in [-0.4, -0.2) is 375 Å². The van der Waals surface area contributed by atoms with Gasteiger partial charge >= 0.3 is 5.97 Å². The Kier molecular flexibility index (Phi) is 35.3. The third-order valence-corrected chi connectivity index (χ3v) is 19.0. The van der Waals surface area contributed by atoms with Gasteiger partial charge in [0.1, 0.15) is 134 Å². The van der Waals surface area contributed by atoms with Crippen LogP contribution in [0.5, 0.6) is 0 Å². The van der Waals surface area contributed by atoms with Crippen LogP contribution in [0.3, 0.4) is 0 Å². The number of aliphatic hydroxyl groups excluding tert-OH is 12. The number of amides is 12. The molecular weight excluding hydrogens is 1470 g/mol. The van der Waals surface area contributed by atoms with E-state index in [2.05, 4.69) is 47.9 Å². The second kappa shape index (κ2) is 41.8. The fraction of sp³-hybridized carbons (Fsp3) is 0.800. The van der Waals surface area contributed by atoms with E-state index in [0.717, 1.165) is 72.1 Å². The molecular formula is C65H109N13O32. The van der Waals surface area contributed by atoms with E-state index in [1.165, 1.54) is 13.8 Å². The van der Waals surface area contributed by atoms with E-state index in [1.807, 2.05) is 5.32 Å². The fourth-order valence-electron chi connectivity index (χ4n) is 13.0. The van der Waals surface area contributed by atoms with Gasteiger partial charge in [-0.15, -0.1) is 0 Å². The number of nitrogens with zero attached hydrogens (tertiary/aromatic N) is 2. The number of nitrogens with two attached hydrogens (primary N) is 1. The summed E-state index contributed by atoms with van der Waals surface area (Å²) in [5, 5.41) is 163. The number of hydrogen-bond acceptors (Lipinski definition) is 32. The number of ether oxygens (including phenoxy) is 6. The van der Waals surface area contributed by atoms with Gasteiger partial charge in [0, 0.05) is 33.9 Å². The summed E-state index contributed by atoms with van der Waals surface area (Å²) < 4.78 is 36.5. The monoisotopic (exact) mass is 1580 g/mol. The molecule has 5 aliphatic rings. The van der Waals surface area contributed by atoms with Gasteiger partial charge in [0.15, 0.2) is 18.9 Å². The third-order valence-electron chi connectivity index (χ3n) is 19.0. The maximum atomic E-state index is 15.3. The molecule has 45 nitrogen and oxygen atoms in total. The first kappa shape index (κ1) is 93.0. The lowest BCUT2D eigenvalue weighted by Crippen LogP contribution is -2.70. The average molecular weight is 1580 g/mol. The molecule has 0 unspecified atom stereocenters. The number of rotatable bonds is 36. The summed E-state index contributed by atoms with van der Waals surface area (Å²) in [5.74, 6) is -15.3. The van der Waals surface area contributed by atoms with Crippen LogP contribution < -0.4 is 58.9 Å². The van der Waals surface area contributed by atoms with Gasteiger partial charge in [0.05, 0.1) is 56.4 Å². The molecule has 12 amide bonds. The predicted molar refractivity (Wildman–Crippen MR) is 367 cm³/mol. The summed E-state index contributed by atoms with van der Waals surface area (Å²) >= 11 is 0. The van der Waals surface area contributed by atoms with E-state index >= 15 is 4.79 Å². The topological polar surface area (TPSA) is 693 Å². The minimum absolute atomic E-state index is 0.00892. The van der Waals surface area contributed by atoms with E-state index in [-0.39, 0.29) is 38.8 Å². The van der Waals surface area contributed by atoms with Crippen LogP contribution in [0.25, 0.3) is 0 Å². The Morgan fingerprint density at radius 1 is 0.464 bits per heavy atom. The number of aliphatic hydroxyl groups is 12. The zero-order valence-electron chi connectivity index (χ0n) is 62.5. The molecule has 5 aliphatic heterocycles. The summed E-state index contributed by atoms with van der Waals surface area (Å²) in [7, 11) is 0. The van der Waals surface area contributed by atoms with Crippen LogP contribution in [0.15, 0.2) is 0 Å². The standard InChI is InChI=1S/C65H109N13O32/c1-22(2)39(58(100)75-43(27(7)85)62(104)78-17-13-15-33(78)55(97)74-42(26(6)84)61(103)77-16-12-14-32(77)54(96)72-40(24(4)82)57(99)67-18-37(89)90)71-60(102)44(76-59(101)41(25(5)83)73-56(98)38(66)23(3)81)28(8)106-65-47(70-31(11)88)53(110-64-46(69-30(10)87)52(95)49(92)35(20-80)108-64)50(93)36(109-65)21-105-63-45(68-29(9)86)51(94)48(91)34(19-79)107-63/h22-28,32-36,38-53,63-65,79-85,91-95H,12-21,66H2,1-11H3,(H,67,99)(H,68,86)(H,69,87)(H,70,88)(H,71,102)(H,72,96)(H,73,98)(H,74,97)(H,75,100)(H,76,101)(H,89,90)/t23-,24-,25-,26-,27-,28-,32+,33+,34-,35-,36-,38+,39+,40+,41+,42+,43+,44+,45-,46-,47-,48-,49-,50+,51-,52-,53-,63-,64+,65+/m1/s1. The summed E-state index contributed by atoms with van der Waals surface area (Å²) in [6.45, 7) is 8.43. The Balaban J connectivity index is 1.52. The van der Waals surface area contributed by atoms with E-state index < -0.39 is 292 Å². The molecule has 0 saturated carbocycles. The molecule has 0 spiro atoms. The lowest BCUT2D eigenvalue weighted by molar-refractivity contribution is -0.339. The Labute approximate surface area is 631 Å². The Morgan fingerprint density at radius 2 is 0.855 bits per heavy atom. The highest BCUT2D eigenvalue weighted by molar-refractivity contribution is 5.99. The number of carboxylic acids is 1.